The molecule has 0 N–H and O–H groups in total. The SMILES string of the molecule is CC1CC(I)CC(C)N1I. The lowest BCUT2D eigenvalue weighted by molar-refractivity contribution is 0.257. The Balaban J connectivity index is 2.49. The van der Waals surface area contributed by atoms with Crippen LogP contribution in [0.5, 0.6) is 0 Å². The highest BCUT2D eigenvalue weighted by Crippen LogP contribution is 2.30. The Hall–Kier alpha value is 1.42. The lowest BCUT2D eigenvalue weighted by Gasteiger charge is -2.36. The Bertz CT molecular complexity index is 106. The zero-order valence-corrected chi connectivity index (χ0v) is 10.7. The van der Waals surface area contributed by atoms with Crippen molar-refractivity contribution in [3.8, 4) is 0 Å². The van der Waals surface area contributed by atoms with Gasteiger partial charge in [0.2, 0.25) is 0 Å². The molecule has 0 radical (unpaired) electrons. The van der Waals surface area contributed by atoms with Crippen molar-refractivity contribution in [2.24, 2.45) is 0 Å². The fourth-order valence-corrected chi connectivity index (χ4v) is 3.40. The molecule has 3 heteroatoms. The van der Waals surface area contributed by atoms with Crippen LogP contribution in [-0.4, -0.2) is 19.1 Å². The second-order valence-corrected chi connectivity index (χ2v) is 5.99. The van der Waals surface area contributed by atoms with Crippen LogP contribution in [0.3, 0.4) is 0 Å². The molecule has 0 aliphatic carbocycles. The summed E-state index contributed by atoms with van der Waals surface area (Å²) >= 11 is 5.02. The highest BCUT2D eigenvalue weighted by atomic mass is 127. The summed E-state index contributed by atoms with van der Waals surface area (Å²) in [5.41, 5.74) is 0. The van der Waals surface area contributed by atoms with Crippen LogP contribution in [0, 0.1) is 0 Å². The Kier molecular flexibility index (Phi) is 3.70. The van der Waals surface area contributed by atoms with Gasteiger partial charge in [0.15, 0.2) is 0 Å². The van der Waals surface area contributed by atoms with Gasteiger partial charge in [-0.25, -0.2) is 3.11 Å². The van der Waals surface area contributed by atoms with Gasteiger partial charge in [-0.05, 0) is 26.7 Å². The third kappa shape index (κ3) is 2.20. The van der Waals surface area contributed by atoms with Crippen LogP contribution in [-0.2, 0) is 0 Å². The molecule has 0 bridgehead atoms. The van der Waals surface area contributed by atoms with E-state index in [1.165, 1.54) is 12.8 Å². The van der Waals surface area contributed by atoms with Crippen LogP contribution in [0.4, 0.5) is 0 Å². The summed E-state index contributed by atoms with van der Waals surface area (Å²) in [7, 11) is 0. The summed E-state index contributed by atoms with van der Waals surface area (Å²) < 4.78 is 3.35. The van der Waals surface area contributed by atoms with E-state index in [1.54, 1.807) is 0 Å². The maximum Gasteiger partial charge on any atom is 0.0207 e. The molecule has 0 spiro atoms. The van der Waals surface area contributed by atoms with E-state index in [1.807, 2.05) is 0 Å². The van der Waals surface area contributed by atoms with Gasteiger partial charge in [-0.2, -0.15) is 0 Å². The number of hydrogen-bond donors (Lipinski definition) is 0. The van der Waals surface area contributed by atoms with Gasteiger partial charge in [0, 0.05) is 38.9 Å². The van der Waals surface area contributed by atoms with Crippen LogP contribution in [0.25, 0.3) is 0 Å². The molecule has 1 aliphatic heterocycles. The monoisotopic (exact) mass is 365 g/mol. The number of nitrogens with zero attached hydrogens (tertiary/aromatic N) is 1. The highest BCUT2D eigenvalue weighted by molar-refractivity contribution is 14.1. The summed E-state index contributed by atoms with van der Waals surface area (Å²) in [5, 5.41) is 0. The Morgan fingerprint density at radius 2 is 1.60 bits per heavy atom. The largest absolute Gasteiger partial charge is 0.242 e. The van der Waals surface area contributed by atoms with Gasteiger partial charge in [-0.15, -0.1) is 0 Å². The first kappa shape index (κ1) is 9.51. The molecule has 1 fully saturated rings. The van der Waals surface area contributed by atoms with Crippen molar-refractivity contribution < 1.29 is 0 Å². The quantitative estimate of drug-likeness (QED) is 0.363. The summed E-state index contributed by atoms with van der Waals surface area (Å²) in [6.07, 6.45) is 2.71. The van der Waals surface area contributed by atoms with Crippen molar-refractivity contribution in [3.63, 3.8) is 0 Å². The Morgan fingerprint density at radius 1 is 1.20 bits per heavy atom. The van der Waals surface area contributed by atoms with Crippen LogP contribution < -0.4 is 0 Å². The maximum atomic E-state index is 2.57. The van der Waals surface area contributed by atoms with Crippen LogP contribution in [0.15, 0.2) is 0 Å². The first-order valence-electron chi connectivity index (χ1n) is 3.69. The molecule has 0 amide bonds. The molecule has 1 nitrogen and oxygen atoms in total. The minimum absolute atomic E-state index is 0.770. The van der Waals surface area contributed by atoms with Gasteiger partial charge in [0.05, 0.1) is 0 Å². The second kappa shape index (κ2) is 3.89. The Morgan fingerprint density at radius 3 is 2.00 bits per heavy atom. The van der Waals surface area contributed by atoms with Crippen LogP contribution in [0.1, 0.15) is 26.7 Å². The zero-order chi connectivity index (χ0) is 7.72. The first-order valence-corrected chi connectivity index (χ1v) is 5.90. The number of alkyl halides is 1. The highest BCUT2D eigenvalue weighted by Gasteiger charge is 2.27. The van der Waals surface area contributed by atoms with Crippen molar-refractivity contribution in [2.45, 2.75) is 42.7 Å². The van der Waals surface area contributed by atoms with E-state index in [0.29, 0.717) is 0 Å². The van der Waals surface area contributed by atoms with E-state index in [-0.39, 0.29) is 0 Å². The minimum atomic E-state index is 0.770. The topological polar surface area (TPSA) is 3.24 Å². The third-order valence-corrected chi connectivity index (χ3v) is 4.95. The summed E-state index contributed by atoms with van der Waals surface area (Å²) in [6.45, 7) is 4.63. The van der Waals surface area contributed by atoms with Gasteiger partial charge in [-0.1, -0.05) is 22.6 Å². The first-order chi connectivity index (χ1) is 4.61. The number of piperidine rings is 1. The molecule has 1 rings (SSSR count). The third-order valence-electron chi connectivity index (χ3n) is 2.04. The maximum absolute atomic E-state index is 2.57. The van der Waals surface area contributed by atoms with Gasteiger partial charge >= 0.3 is 0 Å². The predicted octanol–water partition coefficient (Wildman–Crippen LogP) is 3.01. The molecule has 0 aromatic carbocycles. The Labute approximate surface area is 90.6 Å². The van der Waals surface area contributed by atoms with Crippen molar-refractivity contribution >= 4 is 45.5 Å². The van der Waals surface area contributed by atoms with Crippen molar-refractivity contribution in [3.05, 3.63) is 0 Å². The molecule has 2 unspecified atom stereocenters. The van der Waals surface area contributed by atoms with Gasteiger partial charge < -0.3 is 0 Å². The van der Waals surface area contributed by atoms with E-state index in [0.717, 1.165) is 16.0 Å². The molecule has 10 heavy (non-hydrogen) atoms. The van der Waals surface area contributed by atoms with Crippen LogP contribution >= 0.6 is 45.5 Å². The summed E-state index contributed by atoms with van der Waals surface area (Å²) in [5.74, 6) is 0. The second-order valence-electron chi connectivity index (χ2n) is 3.11. The lowest BCUT2D eigenvalue weighted by Crippen LogP contribution is -2.40. The average molecular weight is 365 g/mol. The standard InChI is InChI=1S/C7H13I2N/c1-5-3-7(8)4-6(2)10(5)9/h5-7H,3-4H2,1-2H3. The van der Waals surface area contributed by atoms with Crippen LogP contribution in [0.2, 0.25) is 0 Å². The van der Waals surface area contributed by atoms with E-state index < -0.39 is 0 Å². The molecular weight excluding hydrogens is 352 g/mol. The number of halogens is 2. The smallest absolute Gasteiger partial charge is 0.0207 e. The van der Waals surface area contributed by atoms with Gasteiger partial charge in [-0.3, -0.25) is 0 Å². The molecule has 1 saturated heterocycles. The molecular formula is C7H13I2N. The van der Waals surface area contributed by atoms with Gasteiger partial charge in [0.1, 0.15) is 0 Å². The molecule has 60 valence electrons. The fraction of sp³-hybridized carbons (Fsp3) is 1.00. The average Bonchev–Trinajstić information content (AvgIpc) is 1.82. The molecule has 1 heterocycles. The summed E-state index contributed by atoms with van der Waals surface area (Å²) in [4.78, 5) is 0. The van der Waals surface area contributed by atoms with E-state index >= 15 is 0 Å². The van der Waals surface area contributed by atoms with E-state index in [2.05, 4.69) is 62.4 Å². The molecule has 0 aromatic heterocycles. The fourth-order valence-electron chi connectivity index (χ4n) is 1.47. The van der Waals surface area contributed by atoms with Crippen molar-refractivity contribution in [1.29, 1.82) is 0 Å². The predicted molar refractivity (Wildman–Crippen MR) is 61.8 cm³/mol. The number of hydrogen-bond acceptors (Lipinski definition) is 1. The number of rotatable bonds is 0. The van der Waals surface area contributed by atoms with Crippen molar-refractivity contribution in [1.82, 2.24) is 3.11 Å². The van der Waals surface area contributed by atoms with E-state index in [9.17, 15) is 0 Å². The molecule has 0 aromatic rings. The molecule has 1 aliphatic rings. The zero-order valence-electron chi connectivity index (χ0n) is 6.35. The molecule has 2 atom stereocenters. The normalized spacial score (nSPS) is 43.8. The van der Waals surface area contributed by atoms with Crippen molar-refractivity contribution in [2.75, 3.05) is 0 Å². The molecule has 0 saturated carbocycles. The summed E-state index contributed by atoms with van der Waals surface area (Å²) in [6, 6.07) is 1.54. The minimum Gasteiger partial charge on any atom is -0.242 e. The van der Waals surface area contributed by atoms with E-state index in [4.69, 9.17) is 0 Å². The van der Waals surface area contributed by atoms with Gasteiger partial charge in [0.25, 0.3) is 0 Å². The lowest BCUT2D eigenvalue weighted by atomic mass is 10.0.